The predicted molar refractivity (Wildman–Crippen MR) is 72.3 cm³/mol. The predicted octanol–water partition coefficient (Wildman–Crippen LogP) is 3.02. The Labute approximate surface area is 111 Å². The minimum absolute atomic E-state index is 0.0518. The summed E-state index contributed by atoms with van der Waals surface area (Å²) >= 11 is 5.72. The first-order chi connectivity index (χ1) is 8.58. The Kier molecular flexibility index (Phi) is 4.30. The second-order valence-electron chi connectivity index (χ2n) is 4.85. The van der Waals surface area contributed by atoms with Gasteiger partial charge in [0.25, 0.3) is 0 Å². The van der Waals surface area contributed by atoms with Crippen LogP contribution in [0.15, 0.2) is 12.1 Å². The van der Waals surface area contributed by atoms with E-state index in [9.17, 15) is 9.50 Å². The van der Waals surface area contributed by atoms with Gasteiger partial charge < -0.3 is 16.2 Å². The van der Waals surface area contributed by atoms with Crippen LogP contribution in [-0.4, -0.2) is 17.8 Å². The van der Waals surface area contributed by atoms with Crippen molar-refractivity contribution in [2.75, 3.05) is 17.6 Å². The van der Waals surface area contributed by atoms with Crippen molar-refractivity contribution in [1.82, 2.24) is 0 Å². The fourth-order valence-electron chi connectivity index (χ4n) is 2.38. The summed E-state index contributed by atoms with van der Waals surface area (Å²) in [6.45, 7) is 0.632. The van der Waals surface area contributed by atoms with Gasteiger partial charge in [-0.15, -0.1) is 0 Å². The van der Waals surface area contributed by atoms with Crippen LogP contribution in [0.4, 0.5) is 15.8 Å². The first-order valence-electron chi connectivity index (χ1n) is 6.24. The third-order valence-electron chi connectivity index (χ3n) is 3.52. The van der Waals surface area contributed by atoms with E-state index < -0.39 is 5.82 Å². The second kappa shape index (κ2) is 5.76. The summed E-state index contributed by atoms with van der Waals surface area (Å²) in [6.07, 6.45) is 3.82. The molecule has 3 nitrogen and oxygen atoms in total. The fourth-order valence-corrected chi connectivity index (χ4v) is 2.55. The summed E-state index contributed by atoms with van der Waals surface area (Å²) in [5.41, 5.74) is 6.68. The number of nitrogen functional groups attached to an aromatic ring is 1. The Balaban J connectivity index is 1.99. The van der Waals surface area contributed by atoms with Crippen LogP contribution in [0.25, 0.3) is 0 Å². The molecule has 0 amide bonds. The average molecular weight is 273 g/mol. The van der Waals surface area contributed by atoms with E-state index in [1.165, 1.54) is 12.1 Å². The van der Waals surface area contributed by atoms with Gasteiger partial charge in [0.2, 0.25) is 0 Å². The Morgan fingerprint density at radius 1 is 1.39 bits per heavy atom. The number of halogens is 2. The van der Waals surface area contributed by atoms with Gasteiger partial charge >= 0.3 is 0 Å². The van der Waals surface area contributed by atoms with Gasteiger partial charge in [0, 0.05) is 18.5 Å². The molecule has 1 aliphatic rings. The van der Waals surface area contributed by atoms with E-state index in [1.807, 2.05) is 0 Å². The molecular weight excluding hydrogens is 255 g/mol. The molecule has 0 saturated heterocycles. The molecule has 0 radical (unpaired) electrons. The highest BCUT2D eigenvalue weighted by molar-refractivity contribution is 6.31. The van der Waals surface area contributed by atoms with Crippen molar-refractivity contribution < 1.29 is 9.50 Å². The molecule has 2 rings (SSSR count). The van der Waals surface area contributed by atoms with Gasteiger partial charge in [-0.1, -0.05) is 24.4 Å². The molecule has 0 bridgehead atoms. The molecule has 5 heteroatoms. The van der Waals surface area contributed by atoms with Crippen LogP contribution >= 0.6 is 11.6 Å². The Bertz CT molecular complexity index is 428. The SMILES string of the molecule is Nc1cc(F)c(Cl)cc1NCC1CCCCC1O. The second-order valence-corrected chi connectivity index (χ2v) is 5.25. The summed E-state index contributed by atoms with van der Waals surface area (Å²) in [5.74, 6) is -0.292. The topological polar surface area (TPSA) is 58.3 Å². The van der Waals surface area contributed by atoms with Crippen molar-refractivity contribution in [3.05, 3.63) is 23.0 Å². The van der Waals surface area contributed by atoms with Gasteiger partial charge in [-0.2, -0.15) is 0 Å². The molecule has 1 aromatic rings. The number of hydrogen-bond donors (Lipinski definition) is 3. The van der Waals surface area contributed by atoms with Crippen molar-refractivity contribution >= 4 is 23.0 Å². The summed E-state index contributed by atoms with van der Waals surface area (Å²) in [4.78, 5) is 0. The average Bonchev–Trinajstić information content (AvgIpc) is 2.34. The maximum absolute atomic E-state index is 13.1. The maximum atomic E-state index is 13.1. The minimum Gasteiger partial charge on any atom is -0.397 e. The number of rotatable bonds is 3. The zero-order valence-corrected chi connectivity index (χ0v) is 10.9. The van der Waals surface area contributed by atoms with Crippen molar-refractivity contribution in [2.45, 2.75) is 31.8 Å². The van der Waals surface area contributed by atoms with E-state index in [2.05, 4.69) is 5.32 Å². The van der Waals surface area contributed by atoms with Crippen LogP contribution in [0.2, 0.25) is 5.02 Å². The van der Waals surface area contributed by atoms with E-state index in [4.69, 9.17) is 17.3 Å². The lowest BCUT2D eigenvalue weighted by Gasteiger charge is -2.28. The summed E-state index contributed by atoms with van der Waals surface area (Å²) in [7, 11) is 0. The third-order valence-corrected chi connectivity index (χ3v) is 3.81. The van der Waals surface area contributed by atoms with Gasteiger partial charge in [0.05, 0.1) is 22.5 Å². The largest absolute Gasteiger partial charge is 0.397 e. The lowest BCUT2D eigenvalue weighted by Crippen LogP contribution is -2.30. The number of aliphatic hydroxyl groups excluding tert-OH is 1. The van der Waals surface area contributed by atoms with Gasteiger partial charge in [-0.25, -0.2) is 4.39 Å². The molecule has 18 heavy (non-hydrogen) atoms. The maximum Gasteiger partial charge on any atom is 0.143 e. The monoisotopic (exact) mass is 272 g/mol. The molecule has 2 unspecified atom stereocenters. The molecule has 0 spiro atoms. The molecule has 4 N–H and O–H groups in total. The number of hydrogen-bond acceptors (Lipinski definition) is 3. The van der Waals surface area contributed by atoms with Crippen LogP contribution in [0.3, 0.4) is 0 Å². The lowest BCUT2D eigenvalue weighted by molar-refractivity contribution is 0.0763. The molecule has 1 fully saturated rings. The Morgan fingerprint density at radius 2 is 2.11 bits per heavy atom. The van der Waals surface area contributed by atoms with Crippen LogP contribution in [-0.2, 0) is 0 Å². The molecule has 100 valence electrons. The number of benzene rings is 1. The van der Waals surface area contributed by atoms with Crippen molar-refractivity contribution in [2.24, 2.45) is 5.92 Å². The Hall–Kier alpha value is -1.00. The highest BCUT2D eigenvalue weighted by Crippen LogP contribution is 2.28. The van der Waals surface area contributed by atoms with E-state index in [1.54, 1.807) is 0 Å². The molecule has 0 aromatic heterocycles. The van der Waals surface area contributed by atoms with Crippen LogP contribution in [0, 0.1) is 11.7 Å². The fraction of sp³-hybridized carbons (Fsp3) is 0.538. The first kappa shape index (κ1) is 13.4. The molecule has 0 aliphatic heterocycles. The third kappa shape index (κ3) is 3.06. The van der Waals surface area contributed by atoms with E-state index in [-0.39, 0.29) is 17.0 Å². The number of aliphatic hydroxyl groups is 1. The normalized spacial score (nSPS) is 23.9. The van der Waals surface area contributed by atoms with Crippen molar-refractivity contribution in [3.63, 3.8) is 0 Å². The van der Waals surface area contributed by atoms with Crippen LogP contribution < -0.4 is 11.1 Å². The molecule has 1 saturated carbocycles. The first-order valence-corrected chi connectivity index (χ1v) is 6.62. The summed E-state index contributed by atoms with van der Waals surface area (Å²) in [6, 6.07) is 2.70. The van der Waals surface area contributed by atoms with E-state index >= 15 is 0 Å². The Morgan fingerprint density at radius 3 is 2.83 bits per heavy atom. The highest BCUT2D eigenvalue weighted by Gasteiger charge is 2.22. The van der Waals surface area contributed by atoms with Crippen molar-refractivity contribution in [3.8, 4) is 0 Å². The van der Waals surface area contributed by atoms with Gasteiger partial charge in [-0.05, 0) is 18.9 Å². The molecule has 1 aliphatic carbocycles. The zero-order valence-electron chi connectivity index (χ0n) is 10.1. The lowest BCUT2D eigenvalue weighted by atomic mass is 9.86. The van der Waals surface area contributed by atoms with Gasteiger partial charge in [-0.3, -0.25) is 0 Å². The van der Waals surface area contributed by atoms with Crippen molar-refractivity contribution in [1.29, 1.82) is 0 Å². The van der Waals surface area contributed by atoms with Crippen LogP contribution in [0.5, 0.6) is 0 Å². The molecule has 0 heterocycles. The standard InChI is InChI=1S/C13H18ClFN2O/c14-9-5-12(11(16)6-10(9)15)17-7-8-3-1-2-4-13(8)18/h5-6,8,13,17-18H,1-4,7,16H2. The van der Waals surface area contributed by atoms with Gasteiger partial charge in [0.1, 0.15) is 5.82 Å². The molecular formula is C13H18ClFN2O. The molecule has 2 atom stereocenters. The summed E-state index contributed by atoms with van der Waals surface area (Å²) in [5, 5.41) is 13.1. The minimum atomic E-state index is -0.516. The number of nitrogens with two attached hydrogens (primary N) is 1. The van der Waals surface area contributed by atoms with Gasteiger partial charge in [0.15, 0.2) is 0 Å². The summed E-state index contributed by atoms with van der Waals surface area (Å²) < 4.78 is 13.1. The van der Waals surface area contributed by atoms with Crippen LogP contribution in [0.1, 0.15) is 25.7 Å². The smallest absolute Gasteiger partial charge is 0.143 e. The highest BCUT2D eigenvalue weighted by atomic mass is 35.5. The number of nitrogens with one attached hydrogen (secondary N) is 1. The molecule has 1 aromatic carbocycles. The van der Waals surface area contributed by atoms with E-state index in [0.29, 0.717) is 17.9 Å². The van der Waals surface area contributed by atoms with E-state index in [0.717, 1.165) is 25.7 Å². The quantitative estimate of drug-likeness (QED) is 0.742. The number of anilines is 2. The zero-order chi connectivity index (χ0) is 13.1.